The van der Waals surface area contributed by atoms with E-state index in [-0.39, 0.29) is 17.9 Å². The Morgan fingerprint density at radius 1 is 1.24 bits per heavy atom. The minimum absolute atomic E-state index is 0.00201. The van der Waals surface area contributed by atoms with Crippen molar-refractivity contribution in [2.75, 3.05) is 5.32 Å². The lowest BCUT2D eigenvalue weighted by Gasteiger charge is -2.09. The van der Waals surface area contributed by atoms with Crippen LogP contribution in [0.25, 0.3) is 0 Å². The summed E-state index contributed by atoms with van der Waals surface area (Å²) in [5, 5.41) is 11.8. The van der Waals surface area contributed by atoms with Gasteiger partial charge in [0.2, 0.25) is 5.91 Å². The smallest absolute Gasteiger partial charge is 0.335 e. The number of carboxylic acid groups (broad SMARTS) is 1. The van der Waals surface area contributed by atoms with Crippen LogP contribution in [0.2, 0.25) is 0 Å². The van der Waals surface area contributed by atoms with E-state index in [4.69, 9.17) is 5.11 Å². The van der Waals surface area contributed by atoms with Crippen molar-refractivity contribution >= 4 is 33.5 Å². The quantitative estimate of drug-likeness (QED) is 0.832. The molecule has 1 aromatic heterocycles. The maximum atomic E-state index is 12.1. The first-order valence-electron chi connectivity index (χ1n) is 6.21. The summed E-state index contributed by atoms with van der Waals surface area (Å²) in [5.74, 6) is -1.32. The Morgan fingerprint density at radius 3 is 2.62 bits per heavy atom. The van der Waals surface area contributed by atoms with Gasteiger partial charge in [-0.3, -0.25) is 4.79 Å². The zero-order valence-corrected chi connectivity index (χ0v) is 12.8. The van der Waals surface area contributed by atoms with E-state index < -0.39 is 5.97 Å². The number of carbonyl (C=O) groups is 2. The number of pyridine rings is 1. The van der Waals surface area contributed by atoms with Crippen molar-refractivity contribution in [2.45, 2.75) is 13.3 Å². The van der Waals surface area contributed by atoms with Gasteiger partial charge >= 0.3 is 5.97 Å². The highest BCUT2D eigenvalue weighted by Gasteiger charge is 2.13. The van der Waals surface area contributed by atoms with Crippen molar-refractivity contribution in [1.82, 2.24) is 4.98 Å². The van der Waals surface area contributed by atoms with E-state index in [1.165, 1.54) is 6.07 Å². The summed E-state index contributed by atoms with van der Waals surface area (Å²) in [6.45, 7) is 1.78. The molecule has 0 atom stereocenters. The maximum Gasteiger partial charge on any atom is 0.335 e. The molecular formula is C15H13BrN2O3. The zero-order chi connectivity index (χ0) is 15.4. The number of carboxylic acids is 1. The van der Waals surface area contributed by atoms with E-state index in [2.05, 4.69) is 26.2 Å². The van der Waals surface area contributed by atoms with Gasteiger partial charge in [0.1, 0.15) is 4.60 Å². The van der Waals surface area contributed by atoms with Crippen LogP contribution in [-0.4, -0.2) is 22.0 Å². The van der Waals surface area contributed by atoms with E-state index in [0.29, 0.717) is 21.5 Å². The molecular weight excluding hydrogens is 336 g/mol. The highest BCUT2D eigenvalue weighted by Crippen LogP contribution is 2.17. The molecule has 2 rings (SSSR count). The Morgan fingerprint density at radius 2 is 1.95 bits per heavy atom. The first-order chi connectivity index (χ1) is 9.97. The zero-order valence-electron chi connectivity index (χ0n) is 11.3. The average Bonchev–Trinajstić information content (AvgIpc) is 2.42. The molecule has 0 unspecified atom stereocenters. The molecule has 0 aliphatic heterocycles. The number of amides is 1. The summed E-state index contributed by atoms with van der Waals surface area (Å²) in [6, 6.07) is 9.93. The van der Waals surface area contributed by atoms with Crippen LogP contribution in [0.3, 0.4) is 0 Å². The number of nitrogens with one attached hydrogen (secondary N) is 1. The largest absolute Gasteiger partial charge is 0.478 e. The Balaban J connectivity index is 2.14. The standard InChI is InChI=1S/C15H13BrN2O3/c1-9-12(6-7-13(16)17-9)18-14(19)8-10-4-2-3-5-11(10)15(20)21/h2-7H,8H2,1H3,(H,18,19)(H,20,21). The number of hydrogen-bond acceptors (Lipinski definition) is 3. The lowest BCUT2D eigenvalue weighted by atomic mass is 10.0. The van der Waals surface area contributed by atoms with Gasteiger partial charge in [0.15, 0.2) is 0 Å². The Labute approximate surface area is 130 Å². The van der Waals surface area contributed by atoms with Crippen molar-refractivity contribution < 1.29 is 14.7 Å². The van der Waals surface area contributed by atoms with Crippen LogP contribution < -0.4 is 5.32 Å². The van der Waals surface area contributed by atoms with Gasteiger partial charge in [-0.25, -0.2) is 9.78 Å². The van der Waals surface area contributed by atoms with Crippen LogP contribution >= 0.6 is 15.9 Å². The summed E-state index contributed by atoms with van der Waals surface area (Å²) < 4.78 is 0.689. The third-order valence-corrected chi connectivity index (χ3v) is 3.37. The molecule has 2 N–H and O–H groups in total. The Bertz CT molecular complexity index is 701. The lowest BCUT2D eigenvalue weighted by molar-refractivity contribution is -0.115. The lowest BCUT2D eigenvalue weighted by Crippen LogP contribution is -2.17. The Kier molecular flexibility index (Phi) is 4.70. The molecule has 2 aromatic rings. The normalized spacial score (nSPS) is 10.2. The van der Waals surface area contributed by atoms with Crippen molar-refractivity contribution in [3.05, 3.63) is 57.8 Å². The first kappa shape index (κ1) is 15.2. The molecule has 108 valence electrons. The fourth-order valence-corrected chi connectivity index (χ4v) is 2.31. The number of anilines is 1. The predicted octanol–water partition coefficient (Wildman–Crippen LogP) is 3.03. The molecule has 6 heteroatoms. The summed E-state index contributed by atoms with van der Waals surface area (Å²) >= 11 is 3.25. The van der Waals surface area contributed by atoms with Crippen LogP contribution in [0, 0.1) is 6.92 Å². The van der Waals surface area contributed by atoms with Crippen molar-refractivity contribution in [2.24, 2.45) is 0 Å². The Hall–Kier alpha value is -2.21. The van der Waals surface area contributed by atoms with Gasteiger partial charge in [-0.05, 0) is 46.6 Å². The minimum Gasteiger partial charge on any atom is -0.478 e. The fraction of sp³-hybridized carbons (Fsp3) is 0.133. The first-order valence-corrected chi connectivity index (χ1v) is 7.01. The van der Waals surface area contributed by atoms with E-state index >= 15 is 0 Å². The van der Waals surface area contributed by atoms with Gasteiger partial charge in [-0.1, -0.05) is 18.2 Å². The molecule has 0 fully saturated rings. The van der Waals surface area contributed by atoms with Crippen molar-refractivity contribution in [3.63, 3.8) is 0 Å². The van der Waals surface area contributed by atoms with Gasteiger partial charge in [0.05, 0.1) is 23.4 Å². The van der Waals surface area contributed by atoms with Crippen LogP contribution in [0.1, 0.15) is 21.6 Å². The van der Waals surface area contributed by atoms with Crippen LogP contribution in [0.15, 0.2) is 41.0 Å². The monoisotopic (exact) mass is 348 g/mol. The van der Waals surface area contributed by atoms with E-state index in [1.807, 2.05) is 0 Å². The second kappa shape index (κ2) is 6.49. The molecule has 1 heterocycles. The molecule has 21 heavy (non-hydrogen) atoms. The van der Waals surface area contributed by atoms with Gasteiger partial charge < -0.3 is 10.4 Å². The molecule has 0 radical (unpaired) electrons. The number of nitrogens with zero attached hydrogens (tertiary/aromatic N) is 1. The number of rotatable bonds is 4. The van der Waals surface area contributed by atoms with Gasteiger partial charge in [0.25, 0.3) is 0 Å². The number of halogens is 1. The van der Waals surface area contributed by atoms with Gasteiger partial charge in [0, 0.05) is 0 Å². The number of aromatic carboxylic acids is 1. The number of benzene rings is 1. The van der Waals surface area contributed by atoms with E-state index in [1.54, 1.807) is 37.3 Å². The maximum absolute atomic E-state index is 12.1. The summed E-state index contributed by atoms with van der Waals surface area (Å²) in [7, 11) is 0. The predicted molar refractivity (Wildman–Crippen MR) is 82.4 cm³/mol. The van der Waals surface area contributed by atoms with Crippen LogP contribution in [-0.2, 0) is 11.2 Å². The summed E-state index contributed by atoms with van der Waals surface area (Å²) in [6.07, 6.45) is -0.00201. The SMILES string of the molecule is Cc1nc(Br)ccc1NC(=O)Cc1ccccc1C(=O)O. The van der Waals surface area contributed by atoms with E-state index in [0.717, 1.165) is 0 Å². The third-order valence-electron chi connectivity index (χ3n) is 2.92. The molecule has 0 saturated carbocycles. The second-order valence-electron chi connectivity index (χ2n) is 4.45. The van der Waals surface area contributed by atoms with Crippen molar-refractivity contribution in [1.29, 1.82) is 0 Å². The topological polar surface area (TPSA) is 79.3 Å². The van der Waals surface area contributed by atoms with Crippen LogP contribution in [0.4, 0.5) is 5.69 Å². The number of aryl methyl sites for hydroxylation is 1. The molecule has 0 bridgehead atoms. The minimum atomic E-state index is -1.04. The second-order valence-corrected chi connectivity index (χ2v) is 5.27. The van der Waals surface area contributed by atoms with Gasteiger partial charge in [-0.15, -0.1) is 0 Å². The summed E-state index contributed by atoms with van der Waals surface area (Å²) in [5.41, 5.74) is 1.91. The molecule has 5 nitrogen and oxygen atoms in total. The molecule has 1 aromatic carbocycles. The van der Waals surface area contributed by atoms with Crippen molar-refractivity contribution in [3.8, 4) is 0 Å². The molecule has 0 spiro atoms. The third kappa shape index (κ3) is 3.88. The molecule has 0 saturated heterocycles. The van der Waals surface area contributed by atoms with E-state index in [9.17, 15) is 9.59 Å². The average molecular weight is 349 g/mol. The molecule has 1 amide bonds. The highest BCUT2D eigenvalue weighted by atomic mass is 79.9. The fourth-order valence-electron chi connectivity index (χ4n) is 1.91. The molecule has 0 aliphatic rings. The summed E-state index contributed by atoms with van der Waals surface area (Å²) in [4.78, 5) is 27.3. The molecule has 0 aliphatic carbocycles. The number of carbonyl (C=O) groups excluding carboxylic acids is 1. The highest BCUT2D eigenvalue weighted by molar-refractivity contribution is 9.10. The number of hydrogen-bond donors (Lipinski definition) is 2. The number of aromatic nitrogens is 1. The van der Waals surface area contributed by atoms with Crippen LogP contribution in [0.5, 0.6) is 0 Å². The van der Waals surface area contributed by atoms with Gasteiger partial charge in [-0.2, -0.15) is 0 Å².